The number of carbonyl (C=O) groups is 3. The van der Waals surface area contributed by atoms with Crippen LogP contribution in [0, 0.1) is 11.3 Å². The van der Waals surface area contributed by atoms with E-state index in [0.717, 1.165) is 0 Å². The summed E-state index contributed by atoms with van der Waals surface area (Å²) < 4.78 is 9.00. The van der Waals surface area contributed by atoms with E-state index in [2.05, 4.69) is 9.47 Å². The number of hydrogen-bond acceptors (Lipinski definition) is 7. The summed E-state index contributed by atoms with van der Waals surface area (Å²) in [4.78, 5) is 37.0. The Morgan fingerprint density at radius 3 is 1.95 bits per heavy atom. The zero-order valence-corrected chi connectivity index (χ0v) is 11.9. The SMILES string of the molecule is COC(=O)CN(CC(=O)OC)CC(=O)N(C)CCC#N. The number of nitriles is 1. The second kappa shape index (κ2) is 9.75. The Balaban J connectivity index is 4.54. The molecule has 8 heteroatoms. The van der Waals surface area contributed by atoms with E-state index < -0.39 is 11.9 Å². The van der Waals surface area contributed by atoms with Crippen LogP contribution in [-0.2, 0) is 23.9 Å². The molecule has 0 aromatic heterocycles. The van der Waals surface area contributed by atoms with E-state index in [1.54, 1.807) is 7.05 Å². The molecule has 1 amide bonds. The highest BCUT2D eigenvalue weighted by atomic mass is 16.5. The molecule has 0 aliphatic rings. The van der Waals surface area contributed by atoms with Crippen LogP contribution < -0.4 is 0 Å². The van der Waals surface area contributed by atoms with E-state index in [1.165, 1.54) is 24.0 Å². The molecule has 0 heterocycles. The third-order valence-corrected chi connectivity index (χ3v) is 2.50. The summed E-state index contributed by atoms with van der Waals surface area (Å²) in [5, 5.41) is 8.46. The zero-order valence-electron chi connectivity index (χ0n) is 11.9. The number of ether oxygens (including phenoxy) is 2. The van der Waals surface area contributed by atoms with Gasteiger partial charge >= 0.3 is 11.9 Å². The molecular weight excluding hydrogens is 266 g/mol. The van der Waals surface area contributed by atoms with Crippen LogP contribution >= 0.6 is 0 Å². The Bertz CT molecular complexity index is 373. The van der Waals surface area contributed by atoms with Gasteiger partial charge in [-0.25, -0.2) is 0 Å². The quantitative estimate of drug-likeness (QED) is 0.528. The summed E-state index contributed by atoms with van der Waals surface area (Å²) in [7, 11) is 3.99. The third-order valence-electron chi connectivity index (χ3n) is 2.50. The van der Waals surface area contributed by atoms with Gasteiger partial charge in [0.25, 0.3) is 0 Å². The van der Waals surface area contributed by atoms with Gasteiger partial charge < -0.3 is 14.4 Å². The van der Waals surface area contributed by atoms with Gasteiger partial charge in [0.1, 0.15) is 0 Å². The molecule has 0 atom stereocenters. The topological polar surface area (TPSA) is 99.9 Å². The van der Waals surface area contributed by atoms with E-state index in [0.29, 0.717) is 6.54 Å². The molecule has 0 saturated heterocycles. The van der Waals surface area contributed by atoms with Crippen molar-refractivity contribution >= 4 is 17.8 Å². The molecule has 0 aromatic carbocycles. The van der Waals surface area contributed by atoms with Gasteiger partial charge in [-0.05, 0) is 0 Å². The van der Waals surface area contributed by atoms with Crippen molar-refractivity contribution in [2.45, 2.75) is 6.42 Å². The fourth-order valence-corrected chi connectivity index (χ4v) is 1.32. The number of nitrogens with zero attached hydrogens (tertiary/aromatic N) is 3. The smallest absolute Gasteiger partial charge is 0.319 e. The molecule has 0 aliphatic heterocycles. The number of likely N-dealkylation sites (N-methyl/N-ethyl adjacent to an activating group) is 1. The molecule has 0 unspecified atom stereocenters. The van der Waals surface area contributed by atoms with Gasteiger partial charge in [-0.3, -0.25) is 19.3 Å². The first-order valence-corrected chi connectivity index (χ1v) is 5.91. The van der Waals surface area contributed by atoms with E-state index in [1.807, 2.05) is 6.07 Å². The minimum atomic E-state index is -0.554. The van der Waals surface area contributed by atoms with Crippen LogP contribution in [0.4, 0.5) is 0 Å². The lowest BCUT2D eigenvalue weighted by Crippen LogP contribution is -2.43. The maximum Gasteiger partial charge on any atom is 0.319 e. The Kier molecular flexibility index (Phi) is 8.70. The van der Waals surface area contributed by atoms with Crippen molar-refractivity contribution in [3.63, 3.8) is 0 Å². The summed E-state index contributed by atoms with van der Waals surface area (Å²) in [5.74, 6) is -1.41. The molecule has 0 fully saturated rings. The van der Waals surface area contributed by atoms with Crippen molar-refractivity contribution in [2.24, 2.45) is 0 Å². The van der Waals surface area contributed by atoms with E-state index in [-0.39, 0.29) is 32.0 Å². The first-order chi connectivity index (χ1) is 9.44. The van der Waals surface area contributed by atoms with Gasteiger partial charge in [0, 0.05) is 13.6 Å². The summed E-state index contributed by atoms with van der Waals surface area (Å²) in [6.07, 6.45) is 0.218. The fraction of sp³-hybridized carbons (Fsp3) is 0.667. The lowest BCUT2D eigenvalue weighted by Gasteiger charge is -2.22. The van der Waals surface area contributed by atoms with Gasteiger partial charge in [0.05, 0.1) is 46.3 Å². The summed E-state index contributed by atoms with van der Waals surface area (Å²) in [6, 6.07) is 1.93. The highest BCUT2D eigenvalue weighted by molar-refractivity contribution is 5.81. The Morgan fingerprint density at radius 2 is 1.55 bits per heavy atom. The number of esters is 2. The van der Waals surface area contributed by atoms with Gasteiger partial charge in [-0.1, -0.05) is 0 Å². The van der Waals surface area contributed by atoms with Crippen LogP contribution in [0.5, 0.6) is 0 Å². The molecule has 0 saturated carbocycles. The van der Waals surface area contributed by atoms with Crippen molar-refractivity contribution in [1.29, 1.82) is 5.26 Å². The molecule has 0 bridgehead atoms. The second-order valence-electron chi connectivity index (χ2n) is 4.02. The van der Waals surface area contributed by atoms with Crippen LogP contribution in [-0.4, -0.2) is 75.1 Å². The largest absolute Gasteiger partial charge is 0.468 e. The minimum Gasteiger partial charge on any atom is -0.468 e. The molecular formula is C12H19N3O5. The summed E-state index contributed by atoms with van der Waals surface area (Å²) in [6.45, 7) is -0.224. The van der Waals surface area contributed by atoms with Crippen LogP contribution in [0.25, 0.3) is 0 Å². The monoisotopic (exact) mass is 285 g/mol. The van der Waals surface area contributed by atoms with Crippen molar-refractivity contribution in [2.75, 3.05) is 47.4 Å². The summed E-state index contributed by atoms with van der Waals surface area (Å²) >= 11 is 0. The van der Waals surface area contributed by atoms with Gasteiger partial charge in [0.15, 0.2) is 0 Å². The molecule has 0 radical (unpaired) electrons. The molecule has 0 spiro atoms. The number of carbonyl (C=O) groups excluding carboxylic acids is 3. The normalized spacial score (nSPS) is 9.75. The second-order valence-corrected chi connectivity index (χ2v) is 4.02. The fourth-order valence-electron chi connectivity index (χ4n) is 1.32. The number of hydrogen-bond donors (Lipinski definition) is 0. The Hall–Kier alpha value is -2.14. The molecule has 0 rings (SSSR count). The lowest BCUT2D eigenvalue weighted by molar-refractivity contribution is -0.146. The Labute approximate surface area is 117 Å². The van der Waals surface area contributed by atoms with E-state index >= 15 is 0 Å². The van der Waals surface area contributed by atoms with E-state index in [4.69, 9.17) is 5.26 Å². The molecule has 0 aromatic rings. The average molecular weight is 285 g/mol. The third kappa shape index (κ3) is 7.33. The van der Waals surface area contributed by atoms with Crippen LogP contribution in [0.3, 0.4) is 0 Å². The number of methoxy groups -OCH3 is 2. The van der Waals surface area contributed by atoms with Crippen molar-refractivity contribution in [3.05, 3.63) is 0 Å². The van der Waals surface area contributed by atoms with Crippen LogP contribution in [0.1, 0.15) is 6.42 Å². The van der Waals surface area contributed by atoms with Gasteiger partial charge in [0.2, 0.25) is 5.91 Å². The highest BCUT2D eigenvalue weighted by Crippen LogP contribution is 1.96. The molecule has 8 nitrogen and oxygen atoms in total. The average Bonchev–Trinajstić information content (AvgIpc) is 2.43. The first kappa shape index (κ1) is 17.9. The number of amides is 1. The molecule has 112 valence electrons. The van der Waals surface area contributed by atoms with Crippen LogP contribution in [0.15, 0.2) is 0 Å². The van der Waals surface area contributed by atoms with Crippen molar-refractivity contribution in [3.8, 4) is 6.07 Å². The summed E-state index contributed by atoms with van der Waals surface area (Å²) in [5.41, 5.74) is 0. The predicted molar refractivity (Wildman–Crippen MR) is 68.3 cm³/mol. The predicted octanol–water partition coefficient (Wildman–Crippen LogP) is -0.994. The van der Waals surface area contributed by atoms with Crippen molar-refractivity contribution < 1.29 is 23.9 Å². The first-order valence-electron chi connectivity index (χ1n) is 5.91. The van der Waals surface area contributed by atoms with Crippen molar-refractivity contribution in [1.82, 2.24) is 9.80 Å². The standard InChI is InChI=1S/C12H19N3O5/c1-14(6-4-5-13)10(16)7-15(8-11(17)19-2)9-12(18)20-3/h4,6-9H2,1-3H3. The maximum absolute atomic E-state index is 11.9. The zero-order chi connectivity index (χ0) is 15.5. The van der Waals surface area contributed by atoms with Crippen LogP contribution in [0.2, 0.25) is 0 Å². The van der Waals surface area contributed by atoms with Gasteiger partial charge in [-0.15, -0.1) is 0 Å². The van der Waals surface area contributed by atoms with E-state index in [9.17, 15) is 14.4 Å². The maximum atomic E-state index is 11.9. The molecule has 20 heavy (non-hydrogen) atoms. The number of rotatable bonds is 8. The molecule has 0 aliphatic carbocycles. The Morgan fingerprint density at radius 1 is 1.05 bits per heavy atom. The lowest BCUT2D eigenvalue weighted by atomic mass is 10.3. The molecule has 0 N–H and O–H groups in total. The van der Waals surface area contributed by atoms with Gasteiger partial charge in [-0.2, -0.15) is 5.26 Å². The minimum absolute atomic E-state index is 0.133. The highest BCUT2D eigenvalue weighted by Gasteiger charge is 2.20.